The van der Waals surface area contributed by atoms with Crippen LogP contribution in [0.1, 0.15) is 48.4 Å². The van der Waals surface area contributed by atoms with Crippen molar-refractivity contribution in [1.82, 2.24) is 15.5 Å². The molecule has 2 aromatic rings. The Morgan fingerprint density at radius 3 is 2.58 bits per heavy atom. The van der Waals surface area contributed by atoms with E-state index in [0.717, 1.165) is 46.9 Å². The summed E-state index contributed by atoms with van der Waals surface area (Å²) in [4.78, 5) is 62.8. The highest BCUT2D eigenvalue weighted by Gasteiger charge is 2.42. The molecule has 5 rings (SSSR count). The van der Waals surface area contributed by atoms with Gasteiger partial charge in [-0.1, -0.05) is 23.7 Å². The van der Waals surface area contributed by atoms with Gasteiger partial charge < -0.3 is 16.0 Å². The number of imide groups is 2. The number of nitrogens with zero attached hydrogens (tertiary/aromatic N) is 1. The van der Waals surface area contributed by atoms with Gasteiger partial charge >= 0.3 is 6.03 Å². The quantitative estimate of drug-likeness (QED) is 0.434. The van der Waals surface area contributed by atoms with Crippen LogP contribution in [0.15, 0.2) is 48.2 Å². The fourth-order valence-electron chi connectivity index (χ4n) is 4.98. The molecule has 6 amide bonds. The number of hydrogen-bond donors (Lipinski definition) is 4. The molecule has 10 nitrogen and oxygen atoms in total. The van der Waals surface area contributed by atoms with E-state index in [4.69, 9.17) is 11.6 Å². The third kappa shape index (κ3) is 5.12. The van der Waals surface area contributed by atoms with Gasteiger partial charge in [-0.05, 0) is 73.6 Å². The third-order valence-corrected chi connectivity index (χ3v) is 7.36. The van der Waals surface area contributed by atoms with Crippen molar-refractivity contribution in [3.63, 3.8) is 0 Å². The van der Waals surface area contributed by atoms with Crippen LogP contribution in [0.2, 0.25) is 5.02 Å². The third-order valence-electron chi connectivity index (χ3n) is 6.95. The molecule has 1 fully saturated rings. The maximum atomic E-state index is 13.0. The molecule has 0 aromatic heterocycles. The smallest absolute Gasteiger partial charge is 0.319 e. The number of piperidine rings is 1. The first-order valence-corrected chi connectivity index (χ1v) is 12.7. The largest absolute Gasteiger partial charge is 0.351 e. The average Bonchev–Trinajstić information content (AvgIpc) is 3.14. The molecule has 1 saturated heterocycles. The molecule has 3 aliphatic rings. The number of anilines is 2. The molecule has 0 radical (unpaired) electrons. The first-order chi connectivity index (χ1) is 18.2. The van der Waals surface area contributed by atoms with Gasteiger partial charge in [0.2, 0.25) is 11.8 Å². The van der Waals surface area contributed by atoms with Gasteiger partial charge in [0.1, 0.15) is 11.7 Å². The summed E-state index contributed by atoms with van der Waals surface area (Å²) in [7, 11) is 0. The number of amides is 6. The molecule has 2 atom stereocenters. The van der Waals surface area contributed by atoms with E-state index in [1.54, 1.807) is 12.1 Å². The molecule has 1 aliphatic carbocycles. The molecule has 0 saturated carbocycles. The second-order valence-electron chi connectivity index (χ2n) is 9.58. The van der Waals surface area contributed by atoms with Gasteiger partial charge in [0, 0.05) is 28.9 Å². The van der Waals surface area contributed by atoms with Crippen LogP contribution in [-0.2, 0) is 25.6 Å². The Morgan fingerprint density at radius 2 is 1.82 bits per heavy atom. The molecule has 4 N–H and O–H groups in total. The molecule has 196 valence electrons. The molecule has 0 bridgehead atoms. The number of fused-ring (bicyclic) bond motifs is 1. The first-order valence-electron chi connectivity index (χ1n) is 12.4. The summed E-state index contributed by atoms with van der Waals surface area (Å²) >= 11 is 6.16. The van der Waals surface area contributed by atoms with Crippen LogP contribution in [0, 0.1) is 6.92 Å². The van der Waals surface area contributed by atoms with Crippen LogP contribution in [0.5, 0.6) is 0 Å². The van der Waals surface area contributed by atoms with Crippen molar-refractivity contribution >= 4 is 52.6 Å². The zero-order valence-corrected chi connectivity index (χ0v) is 21.4. The van der Waals surface area contributed by atoms with Crippen LogP contribution in [0.25, 0.3) is 0 Å². The molecular formula is C27H26ClN5O5. The Balaban J connectivity index is 1.28. The van der Waals surface area contributed by atoms with Crippen LogP contribution >= 0.6 is 11.6 Å². The summed E-state index contributed by atoms with van der Waals surface area (Å²) in [6.07, 6.45) is 3.79. The highest BCUT2D eigenvalue weighted by molar-refractivity contribution is 6.31. The number of nitrogens with one attached hydrogen (secondary N) is 4. The van der Waals surface area contributed by atoms with Crippen molar-refractivity contribution in [3.8, 4) is 0 Å². The van der Waals surface area contributed by atoms with Gasteiger partial charge in [0.15, 0.2) is 0 Å². The van der Waals surface area contributed by atoms with Crippen molar-refractivity contribution in [3.05, 3.63) is 69.9 Å². The summed E-state index contributed by atoms with van der Waals surface area (Å²) < 4.78 is 0. The summed E-state index contributed by atoms with van der Waals surface area (Å²) in [5.74, 6) is -2.33. The maximum Gasteiger partial charge on any atom is 0.319 e. The summed E-state index contributed by atoms with van der Waals surface area (Å²) in [5.41, 5.74) is 4.10. The molecular weight excluding hydrogens is 510 g/mol. The standard InChI is InChI=1S/C27H26ClN5O5/c1-14-5-7-17(12-19(14)28)30-27(38)31-20-4-2-3-15-6-8-16(11-18(15)20)29-21-13-24(35)33(26(21)37)22-9-10-23(34)32-25(22)36/h5-8,11-13,20,22,29H,2-4,9-10H2,1H3,(H2,30,31,38)(H,32,34,36). The summed E-state index contributed by atoms with van der Waals surface area (Å²) in [6, 6.07) is 9.26. The Morgan fingerprint density at radius 1 is 1.03 bits per heavy atom. The molecule has 2 aliphatic heterocycles. The molecule has 2 aromatic carbocycles. The Hall–Kier alpha value is -4.18. The van der Waals surface area contributed by atoms with Gasteiger partial charge in [-0.2, -0.15) is 0 Å². The van der Waals surface area contributed by atoms with Crippen LogP contribution in [0.3, 0.4) is 0 Å². The van der Waals surface area contributed by atoms with Crippen molar-refractivity contribution in [2.24, 2.45) is 0 Å². The van der Waals surface area contributed by atoms with Crippen molar-refractivity contribution in [2.45, 2.75) is 51.1 Å². The number of aryl methyl sites for hydroxylation is 2. The number of carbonyl (C=O) groups excluding carboxylic acids is 5. The number of urea groups is 1. The van der Waals surface area contributed by atoms with E-state index >= 15 is 0 Å². The van der Waals surface area contributed by atoms with Crippen LogP contribution in [-0.4, -0.2) is 40.6 Å². The predicted molar refractivity (Wildman–Crippen MR) is 140 cm³/mol. The second-order valence-corrected chi connectivity index (χ2v) is 9.99. The lowest BCUT2D eigenvalue weighted by molar-refractivity contribution is -0.149. The second kappa shape index (κ2) is 10.3. The Labute approximate surface area is 223 Å². The molecule has 2 unspecified atom stereocenters. The molecule has 38 heavy (non-hydrogen) atoms. The lowest BCUT2D eigenvalue weighted by atomic mass is 9.87. The monoisotopic (exact) mass is 535 g/mol. The molecule has 0 spiro atoms. The predicted octanol–water partition coefficient (Wildman–Crippen LogP) is 3.32. The minimum absolute atomic E-state index is 0.0361. The fourth-order valence-corrected chi connectivity index (χ4v) is 5.16. The van der Waals surface area contributed by atoms with Crippen molar-refractivity contribution in [1.29, 1.82) is 0 Å². The fraction of sp³-hybridized carbons (Fsp3) is 0.296. The van der Waals surface area contributed by atoms with E-state index in [1.807, 2.05) is 31.2 Å². The lowest BCUT2D eigenvalue weighted by Gasteiger charge is -2.28. The minimum Gasteiger partial charge on any atom is -0.351 e. The van der Waals surface area contributed by atoms with Gasteiger partial charge in [-0.15, -0.1) is 0 Å². The Bertz CT molecular complexity index is 1400. The zero-order chi connectivity index (χ0) is 27.0. The van der Waals surface area contributed by atoms with E-state index in [1.165, 1.54) is 0 Å². The zero-order valence-electron chi connectivity index (χ0n) is 20.6. The van der Waals surface area contributed by atoms with Crippen molar-refractivity contribution < 1.29 is 24.0 Å². The van der Waals surface area contributed by atoms with E-state index < -0.39 is 29.7 Å². The number of rotatable bonds is 5. The first kappa shape index (κ1) is 25.5. The van der Waals surface area contributed by atoms with Gasteiger partial charge in [-0.25, -0.2) is 4.79 Å². The molecule has 11 heteroatoms. The highest BCUT2D eigenvalue weighted by atomic mass is 35.5. The normalized spacial score (nSPS) is 21.0. The number of hydrogen-bond acceptors (Lipinski definition) is 6. The van der Waals surface area contributed by atoms with E-state index in [0.29, 0.717) is 16.4 Å². The maximum absolute atomic E-state index is 13.0. The molecule has 2 heterocycles. The highest BCUT2D eigenvalue weighted by Crippen LogP contribution is 2.33. The number of benzene rings is 2. The SMILES string of the molecule is Cc1ccc(NC(=O)NC2CCCc3ccc(NC4=CC(=O)N(C5CCC(=O)NC5=O)C4=O)cc32)cc1Cl. The van der Waals surface area contributed by atoms with Gasteiger partial charge in [0.25, 0.3) is 11.8 Å². The Kier molecular flexibility index (Phi) is 6.90. The van der Waals surface area contributed by atoms with E-state index in [9.17, 15) is 24.0 Å². The summed E-state index contributed by atoms with van der Waals surface area (Å²) in [6.45, 7) is 1.88. The number of carbonyl (C=O) groups is 5. The number of halogens is 1. The van der Waals surface area contributed by atoms with Gasteiger partial charge in [0.05, 0.1) is 6.04 Å². The lowest BCUT2D eigenvalue weighted by Crippen LogP contribution is -2.54. The van der Waals surface area contributed by atoms with E-state index in [-0.39, 0.29) is 30.6 Å². The summed E-state index contributed by atoms with van der Waals surface area (Å²) in [5, 5.41) is 11.6. The van der Waals surface area contributed by atoms with Crippen LogP contribution in [0.4, 0.5) is 16.2 Å². The van der Waals surface area contributed by atoms with Gasteiger partial charge in [-0.3, -0.25) is 29.4 Å². The van der Waals surface area contributed by atoms with E-state index in [2.05, 4.69) is 21.3 Å². The topological polar surface area (TPSA) is 137 Å². The van der Waals surface area contributed by atoms with Crippen molar-refractivity contribution in [2.75, 3.05) is 10.6 Å². The average molecular weight is 536 g/mol. The minimum atomic E-state index is -1.03. The van der Waals surface area contributed by atoms with Crippen LogP contribution < -0.4 is 21.3 Å².